The number of carbonyl (C=O) groups is 1. The number of aromatic hydroxyl groups is 1. The molecule has 1 amide bonds. The molecule has 2 rings (SSSR count). The van der Waals surface area contributed by atoms with E-state index in [4.69, 9.17) is 16.3 Å². The number of nitrogens with zero attached hydrogens (tertiary/aromatic N) is 3. The van der Waals surface area contributed by atoms with Crippen LogP contribution in [0.15, 0.2) is 39.9 Å². The van der Waals surface area contributed by atoms with Crippen molar-refractivity contribution in [1.29, 1.82) is 0 Å². The molecule has 0 aromatic heterocycles. The Morgan fingerprint density at radius 3 is 2.61 bits per heavy atom. The number of amides is 1. The zero-order chi connectivity index (χ0) is 20.8. The van der Waals surface area contributed by atoms with Crippen LogP contribution in [-0.4, -0.2) is 33.7 Å². The minimum absolute atomic E-state index is 0.317. The summed E-state index contributed by atoms with van der Waals surface area (Å²) in [6.45, 7) is -0.418. The molecule has 0 saturated heterocycles. The fourth-order valence-corrected chi connectivity index (χ4v) is 2.71. The molecular formula is C15H10BrClN4O7. The minimum Gasteiger partial charge on any atom is -0.502 e. The maximum absolute atomic E-state index is 11.7. The van der Waals surface area contributed by atoms with Gasteiger partial charge in [0.2, 0.25) is 5.75 Å². The molecule has 11 nitrogen and oxygen atoms in total. The predicted octanol–water partition coefficient (Wildman–Crippen LogP) is 3.15. The molecular weight excluding hydrogens is 464 g/mol. The molecule has 13 heteroatoms. The smallest absolute Gasteiger partial charge is 0.318 e. The molecule has 0 atom stereocenters. The average molecular weight is 474 g/mol. The summed E-state index contributed by atoms with van der Waals surface area (Å²) < 4.78 is 5.79. The molecule has 0 aliphatic carbocycles. The van der Waals surface area contributed by atoms with Gasteiger partial charge in [-0.25, -0.2) is 5.43 Å². The number of nitro groups is 2. The zero-order valence-corrected chi connectivity index (χ0v) is 16.0. The predicted molar refractivity (Wildman–Crippen MR) is 102 cm³/mol. The first-order valence-corrected chi connectivity index (χ1v) is 8.41. The highest BCUT2D eigenvalue weighted by Gasteiger charge is 2.23. The summed E-state index contributed by atoms with van der Waals surface area (Å²) in [6, 6.07) is 6.17. The molecule has 2 N–H and O–H groups in total. The maximum atomic E-state index is 11.7. The Balaban J connectivity index is 2.06. The highest BCUT2D eigenvalue weighted by molar-refractivity contribution is 9.10. The van der Waals surface area contributed by atoms with E-state index in [1.807, 2.05) is 0 Å². The van der Waals surface area contributed by atoms with Gasteiger partial charge >= 0.3 is 5.69 Å². The van der Waals surface area contributed by atoms with Gasteiger partial charge in [-0.2, -0.15) is 5.10 Å². The van der Waals surface area contributed by atoms with Crippen molar-refractivity contribution < 1.29 is 24.5 Å². The van der Waals surface area contributed by atoms with Crippen molar-refractivity contribution in [3.8, 4) is 11.5 Å². The van der Waals surface area contributed by atoms with Gasteiger partial charge in [-0.1, -0.05) is 11.6 Å². The summed E-state index contributed by atoms with van der Waals surface area (Å²) in [4.78, 5) is 31.6. The number of nitrogens with one attached hydrogen (secondary N) is 1. The molecule has 0 heterocycles. The lowest BCUT2D eigenvalue weighted by Crippen LogP contribution is -2.24. The second-order valence-corrected chi connectivity index (χ2v) is 6.36. The number of halogens is 2. The van der Waals surface area contributed by atoms with E-state index in [2.05, 4.69) is 26.5 Å². The summed E-state index contributed by atoms with van der Waals surface area (Å²) in [5, 5.41) is 35.5. The number of rotatable bonds is 7. The minimum atomic E-state index is -0.976. The molecule has 0 fully saturated rings. The third-order valence-electron chi connectivity index (χ3n) is 3.16. The number of benzene rings is 2. The van der Waals surface area contributed by atoms with Crippen LogP contribution in [0.2, 0.25) is 5.02 Å². The van der Waals surface area contributed by atoms with Crippen molar-refractivity contribution in [3.05, 3.63) is 65.6 Å². The molecule has 0 spiro atoms. The van der Waals surface area contributed by atoms with E-state index in [-0.39, 0.29) is 5.56 Å². The van der Waals surface area contributed by atoms with Crippen LogP contribution in [-0.2, 0) is 4.79 Å². The maximum Gasteiger partial charge on any atom is 0.318 e. The first-order valence-electron chi connectivity index (χ1n) is 7.24. The molecule has 0 unspecified atom stereocenters. The van der Waals surface area contributed by atoms with Crippen molar-refractivity contribution in [2.75, 3.05) is 6.61 Å². The Hall–Kier alpha value is -3.25. The second kappa shape index (κ2) is 9.10. The molecule has 0 aliphatic heterocycles. The number of nitro benzene ring substituents is 2. The van der Waals surface area contributed by atoms with E-state index in [1.54, 1.807) is 18.2 Å². The first-order chi connectivity index (χ1) is 13.2. The number of hydrazone groups is 1. The Bertz CT molecular complexity index is 983. The lowest BCUT2D eigenvalue weighted by atomic mass is 10.1. The Morgan fingerprint density at radius 1 is 1.29 bits per heavy atom. The normalized spacial score (nSPS) is 10.6. The summed E-state index contributed by atoms with van der Waals surface area (Å²) in [7, 11) is 0. The summed E-state index contributed by atoms with van der Waals surface area (Å²) in [5.74, 6) is -1.15. The van der Waals surface area contributed by atoms with Crippen LogP contribution in [0.5, 0.6) is 11.5 Å². The lowest BCUT2D eigenvalue weighted by Gasteiger charge is -2.07. The van der Waals surface area contributed by atoms with Gasteiger partial charge in [0.05, 0.1) is 32.2 Å². The van der Waals surface area contributed by atoms with Crippen LogP contribution in [0.25, 0.3) is 0 Å². The third-order valence-corrected chi connectivity index (χ3v) is 4.01. The number of hydrogen-bond donors (Lipinski definition) is 2. The standard InChI is InChI=1S/C15H10BrClN4O7/c16-11-4-9(17)1-2-13(11)28-7-14(22)19-18-6-8-3-10(20(24)25)5-12(15(8)23)21(26)27/h1-6,23H,7H2,(H,19,22)/b18-6-. The fourth-order valence-electron chi connectivity index (χ4n) is 1.91. The van der Waals surface area contributed by atoms with Gasteiger partial charge in [0.1, 0.15) is 5.75 Å². The van der Waals surface area contributed by atoms with Crippen LogP contribution in [0.3, 0.4) is 0 Å². The second-order valence-electron chi connectivity index (χ2n) is 5.07. The Labute approximate surface area is 170 Å². The first kappa shape index (κ1) is 21.1. The van der Waals surface area contributed by atoms with Gasteiger partial charge in [-0.3, -0.25) is 25.0 Å². The number of phenolic OH excluding ortho intramolecular Hbond substituents is 1. The largest absolute Gasteiger partial charge is 0.502 e. The lowest BCUT2D eigenvalue weighted by molar-refractivity contribution is -0.394. The van der Waals surface area contributed by atoms with Gasteiger partial charge < -0.3 is 9.84 Å². The average Bonchev–Trinajstić information content (AvgIpc) is 2.61. The van der Waals surface area contributed by atoms with Crippen LogP contribution in [0.4, 0.5) is 11.4 Å². The van der Waals surface area contributed by atoms with Gasteiger partial charge in [-0.05, 0) is 34.1 Å². The van der Waals surface area contributed by atoms with Crippen molar-refractivity contribution in [1.82, 2.24) is 5.43 Å². The highest BCUT2D eigenvalue weighted by Crippen LogP contribution is 2.33. The van der Waals surface area contributed by atoms with E-state index in [0.29, 0.717) is 21.3 Å². The van der Waals surface area contributed by atoms with Gasteiger partial charge in [0.25, 0.3) is 11.6 Å². The summed E-state index contributed by atoms with van der Waals surface area (Å²) in [5.41, 5.74) is 0.273. The SMILES string of the molecule is O=C(COc1ccc(Cl)cc1Br)N/N=C\c1cc([N+](=O)[O-])cc([N+](=O)[O-])c1O. The number of ether oxygens (including phenoxy) is 1. The molecule has 0 radical (unpaired) electrons. The molecule has 2 aromatic rings. The molecule has 0 aliphatic rings. The zero-order valence-electron chi connectivity index (χ0n) is 13.7. The van der Waals surface area contributed by atoms with Crippen molar-refractivity contribution in [2.24, 2.45) is 5.10 Å². The van der Waals surface area contributed by atoms with E-state index in [9.17, 15) is 30.1 Å². The van der Waals surface area contributed by atoms with E-state index in [1.165, 1.54) is 0 Å². The van der Waals surface area contributed by atoms with E-state index < -0.39 is 39.5 Å². The summed E-state index contributed by atoms with van der Waals surface area (Å²) in [6.07, 6.45) is 0.839. The van der Waals surface area contributed by atoms with E-state index in [0.717, 1.165) is 12.3 Å². The number of phenols is 1. The number of hydrogen-bond acceptors (Lipinski definition) is 8. The molecule has 0 bridgehead atoms. The van der Waals surface area contributed by atoms with Gasteiger partial charge in [0, 0.05) is 11.1 Å². The van der Waals surface area contributed by atoms with Crippen LogP contribution in [0, 0.1) is 20.2 Å². The molecule has 146 valence electrons. The van der Waals surface area contributed by atoms with E-state index >= 15 is 0 Å². The number of non-ortho nitro benzene ring substituents is 1. The molecule has 0 saturated carbocycles. The Morgan fingerprint density at radius 2 is 2.00 bits per heavy atom. The van der Waals surface area contributed by atoms with Crippen molar-refractivity contribution >= 4 is 51.0 Å². The quantitative estimate of drug-likeness (QED) is 0.355. The van der Waals surface area contributed by atoms with Crippen LogP contribution < -0.4 is 10.2 Å². The van der Waals surface area contributed by atoms with Crippen LogP contribution in [0.1, 0.15) is 5.56 Å². The van der Waals surface area contributed by atoms with Gasteiger partial charge in [0.15, 0.2) is 6.61 Å². The molecule has 28 heavy (non-hydrogen) atoms. The Kier molecular flexibility index (Phi) is 6.84. The number of carbonyl (C=O) groups excluding carboxylic acids is 1. The van der Waals surface area contributed by atoms with Gasteiger partial charge in [-0.15, -0.1) is 0 Å². The highest BCUT2D eigenvalue weighted by atomic mass is 79.9. The van der Waals surface area contributed by atoms with Crippen LogP contribution >= 0.6 is 27.5 Å². The topological polar surface area (TPSA) is 157 Å². The molecule has 2 aromatic carbocycles. The van der Waals surface area contributed by atoms with Crippen molar-refractivity contribution in [2.45, 2.75) is 0 Å². The van der Waals surface area contributed by atoms with Crippen molar-refractivity contribution in [3.63, 3.8) is 0 Å². The monoisotopic (exact) mass is 472 g/mol. The third kappa shape index (κ3) is 5.37. The summed E-state index contributed by atoms with van der Waals surface area (Å²) >= 11 is 9.01. The fraction of sp³-hybridized carbons (Fsp3) is 0.0667.